The number of nitrogens with one attached hydrogen (secondary N) is 1. The Morgan fingerprint density at radius 2 is 2.28 bits per heavy atom. The normalized spacial score (nSPS) is 16.4. The summed E-state index contributed by atoms with van der Waals surface area (Å²) in [5, 5.41) is 3.96. The SMILES string of the molecule is CC(NCC(=O)N(C)C1CC1)c1cccc(Cl)c1. The van der Waals surface area contributed by atoms with Crippen molar-refractivity contribution in [1.82, 2.24) is 10.2 Å². The monoisotopic (exact) mass is 266 g/mol. The van der Waals surface area contributed by atoms with E-state index < -0.39 is 0 Å². The minimum Gasteiger partial charge on any atom is -0.342 e. The van der Waals surface area contributed by atoms with E-state index in [9.17, 15) is 4.79 Å². The summed E-state index contributed by atoms with van der Waals surface area (Å²) in [6.45, 7) is 2.41. The number of carbonyl (C=O) groups is 1. The van der Waals surface area contributed by atoms with E-state index in [0.717, 1.165) is 23.4 Å². The summed E-state index contributed by atoms with van der Waals surface area (Å²) in [6.07, 6.45) is 2.29. The lowest BCUT2D eigenvalue weighted by atomic mass is 10.1. The third kappa shape index (κ3) is 3.47. The molecule has 18 heavy (non-hydrogen) atoms. The smallest absolute Gasteiger partial charge is 0.236 e. The lowest BCUT2D eigenvalue weighted by Gasteiger charge is -2.19. The predicted octanol–water partition coefficient (Wildman–Crippen LogP) is 2.61. The summed E-state index contributed by atoms with van der Waals surface area (Å²) in [5.74, 6) is 0.159. The van der Waals surface area contributed by atoms with Crippen molar-refractivity contribution < 1.29 is 4.79 Å². The molecule has 0 spiro atoms. The molecule has 1 N–H and O–H groups in total. The van der Waals surface area contributed by atoms with Crippen LogP contribution in [0.25, 0.3) is 0 Å². The molecule has 1 unspecified atom stereocenters. The maximum absolute atomic E-state index is 11.9. The van der Waals surface area contributed by atoms with Crippen LogP contribution >= 0.6 is 11.6 Å². The van der Waals surface area contributed by atoms with Crippen LogP contribution in [0.15, 0.2) is 24.3 Å². The van der Waals surface area contributed by atoms with Crippen LogP contribution in [0.2, 0.25) is 5.02 Å². The summed E-state index contributed by atoms with van der Waals surface area (Å²) in [7, 11) is 1.88. The van der Waals surface area contributed by atoms with E-state index in [1.807, 2.05) is 43.1 Å². The third-order valence-electron chi connectivity index (χ3n) is 3.40. The Kier molecular flexibility index (Phi) is 4.25. The summed E-state index contributed by atoms with van der Waals surface area (Å²) in [5.41, 5.74) is 1.10. The number of likely N-dealkylation sites (N-methyl/N-ethyl adjacent to an activating group) is 1. The van der Waals surface area contributed by atoms with Gasteiger partial charge in [0.2, 0.25) is 5.91 Å². The summed E-state index contributed by atoms with van der Waals surface area (Å²) >= 11 is 5.95. The molecule has 3 nitrogen and oxygen atoms in total. The summed E-state index contributed by atoms with van der Waals surface area (Å²) in [4.78, 5) is 13.7. The fourth-order valence-electron chi connectivity index (χ4n) is 1.92. The molecule has 1 amide bonds. The van der Waals surface area contributed by atoms with Gasteiger partial charge in [-0.05, 0) is 37.5 Å². The number of rotatable bonds is 5. The number of halogens is 1. The molecule has 0 radical (unpaired) electrons. The summed E-state index contributed by atoms with van der Waals surface area (Å²) < 4.78 is 0. The number of benzene rings is 1. The molecule has 1 saturated carbocycles. The molecule has 2 rings (SSSR count). The maximum Gasteiger partial charge on any atom is 0.236 e. The van der Waals surface area contributed by atoms with Crippen molar-refractivity contribution in [2.75, 3.05) is 13.6 Å². The molecule has 98 valence electrons. The molecule has 1 fully saturated rings. The van der Waals surface area contributed by atoms with E-state index in [4.69, 9.17) is 11.6 Å². The zero-order chi connectivity index (χ0) is 13.1. The Morgan fingerprint density at radius 3 is 2.89 bits per heavy atom. The van der Waals surface area contributed by atoms with Gasteiger partial charge in [0.25, 0.3) is 0 Å². The lowest BCUT2D eigenvalue weighted by Crippen LogP contribution is -2.37. The second-order valence-electron chi connectivity index (χ2n) is 4.89. The van der Waals surface area contributed by atoms with Crippen LogP contribution in [0.5, 0.6) is 0 Å². The highest BCUT2D eigenvalue weighted by atomic mass is 35.5. The molecule has 1 aromatic rings. The molecule has 0 aromatic heterocycles. The van der Waals surface area contributed by atoms with Crippen LogP contribution in [-0.2, 0) is 4.79 Å². The molecule has 0 saturated heterocycles. The Hall–Kier alpha value is -1.06. The lowest BCUT2D eigenvalue weighted by molar-refractivity contribution is -0.129. The van der Waals surface area contributed by atoms with Crippen molar-refractivity contribution in [3.8, 4) is 0 Å². The van der Waals surface area contributed by atoms with Gasteiger partial charge < -0.3 is 10.2 Å². The Balaban J connectivity index is 1.84. The van der Waals surface area contributed by atoms with Crippen molar-refractivity contribution in [1.29, 1.82) is 0 Å². The van der Waals surface area contributed by atoms with Crippen LogP contribution in [0.1, 0.15) is 31.4 Å². The average Bonchev–Trinajstić information content (AvgIpc) is 3.18. The Morgan fingerprint density at radius 1 is 1.56 bits per heavy atom. The number of hydrogen-bond donors (Lipinski definition) is 1. The largest absolute Gasteiger partial charge is 0.342 e. The van der Waals surface area contributed by atoms with Gasteiger partial charge in [-0.1, -0.05) is 23.7 Å². The fraction of sp³-hybridized carbons (Fsp3) is 0.500. The maximum atomic E-state index is 11.9. The highest BCUT2D eigenvalue weighted by Gasteiger charge is 2.29. The summed E-state index contributed by atoms with van der Waals surface area (Å²) in [6, 6.07) is 8.31. The number of carbonyl (C=O) groups excluding carboxylic acids is 1. The van der Waals surface area contributed by atoms with Crippen LogP contribution in [0, 0.1) is 0 Å². The second kappa shape index (κ2) is 5.72. The van der Waals surface area contributed by atoms with Gasteiger partial charge in [-0.15, -0.1) is 0 Å². The zero-order valence-corrected chi connectivity index (χ0v) is 11.6. The van der Waals surface area contributed by atoms with Gasteiger partial charge in [-0.2, -0.15) is 0 Å². The van der Waals surface area contributed by atoms with Crippen molar-refractivity contribution in [2.24, 2.45) is 0 Å². The van der Waals surface area contributed by atoms with E-state index in [1.165, 1.54) is 0 Å². The topological polar surface area (TPSA) is 32.3 Å². The van der Waals surface area contributed by atoms with Crippen molar-refractivity contribution in [3.05, 3.63) is 34.9 Å². The number of nitrogens with zero attached hydrogens (tertiary/aromatic N) is 1. The van der Waals surface area contributed by atoms with Crippen molar-refractivity contribution >= 4 is 17.5 Å². The van der Waals surface area contributed by atoms with Crippen molar-refractivity contribution in [2.45, 2.75) is 31.8 Å². The third-order valence-corrected chi connectivity index (χ3v) is 3.63. The van der Waals surface area contributed by atoms with E-state index in [1.54, 1.807) is 0 Å². The fourth-order valence-corrected chi connectivity index (χ4v) is 2.12. The Bertz CT molecular complexity index is 432. The van der Waals surface area contributed by atoms with Gasteiger partial charge >= 0.3 is 0 Å². The number of amides is 1. The minimum atomic E-state index is 0.125. The van der Waals surface area contributed by atoms with Gasteiger partial charge in [0, 0.05) is 24.2 Å². The zero-order valence-electron chi connectivity index (χ0n) is 10.8. The van der Waals surface area contributed by atoms with Crippen LogP contribution in [-0.4, -0.2) is 30.4 Å². The second-order valence-corrected chi connectivity index (χ2v) is 5.33. The van der Waals surface area contributed by atoms with E-state index in [-0.39, 0.29) is 11.9 Å². The highest BCUT2D eigenvalue weighted by Crippen LogP contribution is 2.25. The van der Waals surface area contributed by atoms with Crippen molar-refractivity contribution in [3.63, 3.8) is 0 Å². The first kappa shape index (κ1) is 13.4. The first-order chi connectivity index (χ1) is 8.58. The molecule has 0 heterocycles. The Labute approximate surface area is 113 Å². The number of hydrogen-bond acceptors (Lipinski definition) is 2. The quantitative estimate of drug-likeness (QED) is 0.889. The predicted molar refractivity (Wildman–Crippen MR) is 73.7 cm³/mol. The molecule has 1 aliphatic carbocycles. The van der Waals surface area contributed by atoms with Gasteiger partial charge in [0.15, 0.2) is 0 Å². The first-order valence-corrected chi connectivity index (χ1v) is 6.70. The van der Waals surface area contributed by atoms with Crippen LogP contribution in [0.4, 0.5) is 0 Å². The highest BCUT2D eigenvalue weighted by molar-refractivity contribution is 6.30. The molecule has 1 aromatic carbocycles. The minimum absolute atomic E-state index is 0.125. The standard InChI is InChI=1S/C14H19ClN2O/c1-10(11-4-3-5-12(15)8-11)16-9-14(18)17(2)13-6-7-13/h3-5,8,10,13,16H,6-7,9H2,1-2H3. The molecule has 4 heteroatoms. The molecular weight excluding hydrogens is 248 g/mol. The van der Waals surface area contributed by atoms with E-state index >= 15 is 0 Å². The van der Waals surface area contributed by atoms with Gasteiger partial charge in [0.05, 0.1) is 6.54 Å². The first-order valence-electron chi connectivity index (χ1n) is 6.32. The molecule has 0 bridgehead atoms. The van der Waals surface area contributed by atoms with Crippen LogP contribution < -0.4 is 5.32 Å². The van der Waals surface area contributed by atoms with Gasteiger partial charge in [-0.3, -0.25) is 4.79 Å². The average molecular weight is 267 g/mol. The van der Waals surface area contributed by atoms with E-state index in [2.05, 4.69) is 5.32 Å². The van der Waals surface area contributed by atoms with E-state index in [0.29, 0.717) is 12.6 Å². The molecular formula is C14H19ClN2O. The molecule has 0 aliphatic heterocycles. The van der Waals surface area contributed by atoms with Gasteiger partial charge in [-0.25, -0.2) is 0 Å². The van der Waals surface area contributed by atoms with Crippen LogP contribution in [0.3, 0.4) is 0 Å². The van der Waals surface area contributed by atoms with Gasteiger partial charge in [0.1, 0.15) is 0 Å². The molecule has 1 aliphatic rings. The molecule has 1 atom stereocenters.